The fraction of sp³-hybridized carbons (Fsp3) is 0.696. The summed E-state index contributed by atoms with van der Waals surface area (Å²) in [7, 11) is 3.89. The summed E-state index contributed by atoms with van der Waals surface area (Å²) in [6.45, 7) is 8.97. The van der Waals surface area contributed by atoms with Crippen molar-refractivity contribution in [3.05, 3.63) is 24.3 Å². The molecule has 1 atom stereocenters. The smallest absolute Gasteiger partial charge is 0.193 e. The number of nitrogens with one attached hydrogen (secondary N) is 1. The fourth-order valence-electron chi connectivity index (χ4n) is 4.23. The topological polar surface area (TPSA) is 49.3 Å². The van der Waals surface area contributed by atoms with Crippen molar-refractivity contribution in [2.45, 2.75) is 32.6 Å². The minimum Gasteiger partial charge on any atom is -0.497 e. The molecule has 0 amide bonds. The molecule has 0 aromatic heterocycles. The summed E-state index contributed by atoms with van der Waals surface area (Å²) in [5.41, 5.74) is 1.25. The van der Waals surface area contributed by atoms with Gasteiger partial charge in [0.15, 0.2) is 5.96 Å². The Morgan fingerprint density at radius 3 is 2.86 bits per heavy atom. The highest BCUT2D eigenvalue weighted by molar-refractivity contribution is 5.79. The van der Waals surface area contributed by atoms with Gasteiger partial charge in [0, 0.05) is 64.7 Å². The molecular weight excluding hydrogens is 364 g/mol. The second-order valence-electron chi connectivity index (χ2n) is 8.26. The first kappa shape index (κ1) is 21.8. The number of methoxy groups -OCH3 is 1. The van der Waals surface area contributed by atoms with Gasteiger partial charge in [-0.1, -0.05) is 6.07 Å². The van der Waals surface area contributed by atoms with E-state index in [9.17, 15) is 0 Å². The number of hydrogen-bond acceptors (Lipinski definition) is 4. The molecule has 2 aliphatic rings. The van der Waals surface area contributed by atoms with Gasteiger partial charge in [-0.25, -0.2) is 0 Å². The molecule has 2 fully saturated rings. The van der Waals surface area contributed by atoms with E-state index in [0.717, 1.165) is 63.6 Å². The van der Waals surface area contributed by atoms with Gasteiger partial charge in [-0.15, -0.1) is 0 Å². The Morgan fingerprint density at radius 1 is 1.28 bits per heavy atom. The zero-order chi connectivity index (χ0) is 20.5. The Balaban J connectivity index is 1.50. The van der Waals surface area contributed by atoms with Crippen LogP contribution in [0.5, 0.6) is 5.75 Å². The van der Waals surface area contributed by atoms with E-state index in [2.05, 4.69) is 47.3 Å². The summed E-state index contributed by atoms with van der Waals surface area (Å²) in [5.74, 6) is 3.35. The Hall–Kier alpha value is -1.95. The number of anilines is 1. The largest absolute Gasteiger partial charge is 0.497 e. The Labute approximate surface area is 176 Å². The van der Waals surface area contributed by atoms with Crippen molar-refractivity contribution < 1.29 is 9.47 Å². The fourth-order valence-corrected chi connectivity index (χ4v) is 4.23. The lowest BCUT2D eigenvalue weighted by Gasteiger charge is -2.27. The highest BCUT2D eigenvalue weighted by Crippen LogP contribution is 2.27. The maximum absolute atomic E-state index is 5.48. The average molecular weight is 403 g/mol. The first-order valence-corrected chi connectivity index (χ1v) is 11.2. The van der Waals surface area contributed by atoms with Crippen molar-refractivity contribution in [1.82, 2.24) is 10.2 Å². The second kappa shape index (κ2) is 11.3. The van der Waals surface area contributed by atoms with E-state index < -0.39 is 0 Å². The zero-order valence-electron chi connectivity index (χ0n) is 18.4. The predicted molar refractivity (Wildman–Crippen MR) is 120 cm³/mol. The molecule has 0 spiro atoms. The molecule has 1 unspecified atom stereocenters. The Bertz CT molecular complexity index is 646. The first-order valence-electron chi connectivity index (χ1n) is 11.2. The van der Waals surface area contributed by atoms with E-state index in [4.69, 9.17) is 14.5 Å². The zero-order valence-corrected chi connectivity index (χ0v) is 18.4. The number of rotatable bonds is 8. The minimum atomic E-state index is 0.596. The third kappa shape index (κ3) is 6.53. The summed E-state index contributed by atoms with van der Waals surface area (Å²) in [6, 6.07) is 8.36. The molecule has 0 aliphatic carbocycles. The number of ether oxygens (including phenoxy) is 2. The van der Waals surface area contributed by atoms with Crippen LogP contribution in [-0.4, -0.2) is 71.0 Å². The lowest BCUT2D eigenvalue weighted by molar-refractivity contribution is 0.0625. The van der Waals surface area contributed by atoms with Crippen molar-refractivity contribution in [1.29, 1.82) is 0 Å². The highest BCUT2D eigenvalue weighted by Gasteiger charge is 2.23. The summed E-state index contributed by atoms with van der Waals surface area (Å²) >= 11 is 0. The van der Waals surface area contributed by atoms with E-state index >= 15 is 0 Å². The van der Waals surface area contributed by atoms with Crippen molar-refractivity contribution in [2.24, 2.45) is 16.8 Å². The molecule has 6 heteroatoms. The quantitative estimate of drug-likeness (QED) is 0.534. The Morgan fingerprint density at radius 2 is 2.10 bits per heavy atom. The van der Waals surface area contributed by atoms with Crippen molar-refractivity contribution in [3.63, 3.8) is 0 Å². The van der Waals surface area contributed by atoms with E-state index in [-0.39, 0.29) is 0 Å². The molecule has 0 bridgehead atoms. The summed E-state index contributed by atoms with van der Waals surface area (Å²) in [4.78, 5) is 9.72. The van der Waals surface area contributed by atoms with Crippen molar-refractivity contribution >= 4 is 11.6 Å². The molecule has 6 nitrogen and oxygen atoms in total. The van der Waals surface area contributed by atoms with Gasteiger partial charge in [0.2, 0.25) is 0 Å². The predicted octanol–water partition coefficient (Wildman–Crippen LogP) is 3.24. The Kier molecular flexibility index (Phi) is 8.47. The minimum absolute atomic E-state index is 0.596. The molecule has 1 aromatic rings. The lowest BCUT2D eigenvalue weighted by atomic mass is 9.96. The molecule has 1 aromatic carbocycles. The molecule has 29 heavy (non-hydrogen) atoms. The van der Waals surface area contributed by atoms with Crippen LogP contribution in [-0.2, 0) is 4.74 Å². The van der Waals surface area contributed by atoms with Crippen LogP contribution in [0.2, 0.25) is 0 Å². The summed E-state index contributed by atoms with van der Waals surface area (Å²) < 4.78 is 10.9. The van der Waals surface area contributed by atoms with E-state index in [1.807, 2.05) is 6.07 Å². The molecule has 3 rings (SSSR count). The van der Waals surface area contributed by atoms with E-state index in [1.54, 1.807) is 7.11 Å². The first-order chi connectivity index (χ1) is 14.2. The number of benzene rings is 1. The van der Waals surface area contributed by atoms with Gasteiger partial charge in [0.1, 0.15) is 5.75 Å². The van der Waals surface area contributed by atoms with Crippen molar-refractivity contribution in [2.75, 3.05) is 65.0 Å². The third-order valence-corrected chi connectivity index (χ3v) is 6.11. The van der Waals surface area contributed by atoms with Gasteiger partial charge in [-0.05, 0) is 56.6 Å². The standard InChI is InChI=1S/C23H38N4O2/c1-4-24-23(26(2)12-8-19-10-14-29-15-11-19)25-17-20-9-13-27(18-20)21-6-5-7-22(16-21)28-3/h5-7,16,19-20H,4,8-15,17-18H2,1-3H3,(H,24,25). The SMILES string of the molecule is CCNC(=NCC1CCN(c2cccc(OC)c2)C1)N(C)CCC1CCOCC1. The van der Waals surface area contributed by atoms with Gasteiger partial charge in [0.25, 0.3) is 0 Å². The van der Waals surface area contributed by atoms with Crippen LogP contribution in [0.15, 0.2) is 29.3 Å². The van der Waals surface area contributed by atoms with Crippen LogP contribution in [0, 0.1) is 11.8 Å². The maximum atomic E-state index is 5.48. The number of guanidine groups is 1. The lowest BCUT2D eigenvalue weighted by Crippen LogP contribution is -2.40. The van der Waals surface area contributed by atoms with Crippen molar-refractivity contribution in [3.8, 4) is 5.75 Å². The van der Waals surface area contributed by atoms with Gasteiger partial charge < -0.3 is 24.6 Å². The monoisotopic (exact) mass is 402 g/mol. The van der Waals surface area contributed by atoms with Gasteiger partial charge in [-0.3, -0.25) is 4.99 Å². The third-order valence-electron chi connectivity index (χ3n) is 6.11. The van der Waals surface area contributed by atoms with Crippen LogP contribution in [0.3, 0.4) is 0 Å². The van der Waals surface area contributed by atoms with Gasteiger partial charge in [-0.2, -0.15) is 0 Å². The normalized spacial score (nSPS) is 20.7. The van der Waals surface area contributed by atoms with Crippen LogP contribution < -0.4 is 15.0 Å². The molecule has 0 saturated carbocycles. The maximum Gasteiger partial charge on any atom is 0.193 e. The molecule has 0 radical (unpaired) electrons. The van der Waals surface area contributed by atoms with Gasteiger partial charge >= 0.3 is 0 Å². The summed E-state index contributed by atoms with van der Waals surface area (Å²) in [6.07, 6.45) is 4.80. The molecule has 1 N–H and O–H groups in total. The summed E-state index contributed by atoms with van der Waals surface area (Å²) in [5, 5.41) is 3.47. The molecular formula is C23H38N4O2. The highest BCUT2D eigenvalue weighted by atomic mass is 16.5. The molecule has 2 heterocycles. The number of aliphatic imine (C=N–C) groups is 1. The van der Waals surface area contributed by atoms with Crippen LogP contribution in [0.25, 0.3) is 0 Å². The number of hydrogen-bond donors (Lipinski definition) is 1. The second-order valence-corrected chi connectivity index (χ2v) is 8.26. The van der Waals surface area contributed by atoms with E-state index in [1.165, 1.54) is 31.4 Å². The molecule has 2 saturated heterocycles. The van der Waals surface area contributed by atoms with Crippen LogP contribution in [0.4, 0.5) is 5.69 Å². The van der Waals surface area contributed by atoms with E-state index in [0.29, 0.717) is 5.92 Å². The van der Waals surface area contributed by atoms with Crippen LogP contribution >= 0.6 is 0 Å². The van der Waals surface area contributed by atoms with Gasteiger partial charge in [0.05, 0.1) is 7.11 Å². The molecule has 162 valence electrons. The molecule has 2 aliphatic heterocycles. The average Bonchev–Trinajstić information content (AvgIpc) is 3.25. The van der Waals surface area contributed by atoms with Crippen LogP contribution in [0.1, 0.15) is 32.6 Å². The number of nitrogens with zero attached hydrogens (tertiary/aromatic N) is 3.